The number of nitrogens with zero attached hydrogens (tertiary/aromatic N) is 2. The van der Waals surface area contributed by atoms with Crippen LogP contribution in [0.15, 0.2) is 70.2 Å². The SMILES string of the molecule is COc1ccc(-c2c/c(=N\Nc3nc4ccccc4[nH]3)c3cc(C)cc(C)c3o2)cc1OC. The molecule has 33 heavy (non-hydrogen) atoms. The zero-order valence-electron chi connectivity index (χ0n) is 18.9. The van der Waals surface area contributed by atoms with E-state index in [-0.39, 0.29) is 0 Å². The summed E-state index contributed by atoms with van der Waals surface area (Å²) in [6, 6.07) is 19.6. The number of nitrogens with one attached hydrogen (secondary N) is 2. The Morgan fingerprint density at radius 3 is 2.55 bits per heavy atom. The number of hydrogen-bond acceptors (Lipinski definition) is 6. The number of imidazole rings is 1. The highest BCUT2D eigenvalue weighted by atomic mass is 16.5. The fraction of sp³-hybridized carbons (Fsp3) is 0.154. The zero-order valence-corrected chi connectivity index (χ0v) is 18.9. The highest BCUT2D eigenvalue weighted by Gasteiger charge is 2.12. The van der Waals surface area contributed by atoms with Crippen LogP contribution in [0.4, 0.5) is 5.95 Å². The molecule has 0 fully saturated rings. The number of hydrogen-bond donors (Lipinski definition) is 2. The van der Waals surface area contributed by atoms with Crippen LogP contribution in [-0.4, -0.2) is 24.2 Å². The van der Waals surface area contributed by atoms with Crippen molar-refractivity contribution in [3.8, 4) is 22.8 Å². The molecule has 5 aromatic rings. The van der Waals surface area contributed by atoms with E-state index in [0.717, 1.165) is 44.1 Å². The molecule has 0 bridgehead atoms. The fourth-order valence-corrected chi connectivity index (χ4v) is 3.96. The molecule has 0 saturated heterocycles. The van der Waals surface area contributed by atoms with Crippen LogP contribution in [0.1, 0.15) is 11.1 Å². The second-order valence-electron chi connectivity index (χ2n) is 7.85. The maximum absolute atomic E-state index is 6.34. The van der Waals surface area contributed by atoms with Crippen molar-refractivity contribution in [1.29, 1.82) is 0 Å². The summed E-state index contributed by atoms with van der Waals surface area (Å²) in [7, 11) is 3.23. The number of fused-ring (bicyclic) bond motifs is 2. The summed E-state index contributed by atoms with van der Waals surface area (Å²) in [6.45, 7) is 4.10. The molecule has 0 aliphatic rings. The Bertz CT molecular complexity index is 1520. The molecule has 0 spiro atoms. The van der Waals surface area contributed by atoms with E-state index in [0.29, 0.717) is 23.2 Å². The smallest absolute Gasteiger partial charge is 0.222 e. The topological polar surface area (TPSA) is 84.7 Å². The molecule has 166 valence electrons. The summed E-state index contributed by atoms with van der Waals surface area (Å²) in [5.41, 5.74) is 8.69. The third kappa shape index (κ3) is 3.89. The van der Waals surface area contributed by atoms with E-state index >= 15 is 0 Å². The number of aromatic amines is 1. The van der Waals surface area contributed by atoms with Crippen molar-refractivity contribution in [2.75, 3.05) is 19.6 Å². The van der Waals surface area contributed by atoms with E-state index in [2.05, 4.69) is 39.6 Å². The number of rotatable bonds is 5. The lowest BCUT2D eigenvalue weighted by molar-refractivity contribution is 0.355. The Balaban J connectivity index is 1.67. The van der Waals surface area contributed by atoms with E-state index in [1.54, 1.807) is 14.2 Å². The van der Waals surface area contributed by atoms with Crippen LogP contribution in [0.5, 0.6) is 11.5 Å². The molecule has 2 N–H and O–H groups in total. The highest BCUT2D eigenvalue weighted by Crippen LogP contribution is 2.33. The maximum atomic E-state index is 6.34. The third-order valence-electron chi connectivity index (χ3n) is 5.51. The monoisotopic (exact) mass is 440 g/mol. The number of ether oxygens (including phenoxy) is 2. The molecule has 7 heteroatoms. The van der Waals surface area contributed by atoms with Gasteiger partial charge in [-0.1, -0.05) is 18.2 Å². The summed E-state index contributed by atoms with van der Waals surface area (Å²) in [5.74, 6) is 2.53. The first-order valence-electron chi connectivity index (χ1n) is 10.6. The van der Waals surface area contributed by atoms with Crippen molar-refractivity contribution in [3.63, 3.8) is 0 Å². The van der Waals surface area contributed by atoms with Gasteiger partial charge in [0.2, 0.25) is 5.95 Å². The summed E-state index contributed by atoms with van der Waals surface area (Å²) in [5, 5.41) is 6.35. The first-order chi connectivity index (χ1) is 16.1. The minimum absolute atomic E-state index is 0.571. The number of anilines is 1. The van der Waals surface area contributed by atoms with Crippen molar-refractivity contribution < 1.29 is 13.9 Å². The minimum Gasteiger partial charge on any atom is -0.493 e. The molecule has 7 nitrogen and oxygen atoms in total. The number of para-hydroxylation sites is 2. The molecule has 0 atom stereocenters. The first kappa shape index (κ1) is 20.6. The number of aromatic nitrogens is 2. The Morgan fingerprint density at radius 2 is 1.76 bits per heavy atom. The first-order valence-corrected chi connectivity index (χ1v) is 10.6. The molecule has 2 aromatic heterocycles. The normalized spacial score (nSPS) is 11.8. The van der Waals surface area contributed by atoms with Gasteiger partial charge in [-0.15, -0.1) is 0 Å². The van der Waals surface area contributed by atoms with Crippen LogP contribution in [0, 0.1) is 13.8 Å². The van der Waals surface area contributed by atoms with Crippen LogP contribution in [0.3, 0.4) is 0 Å². The molecule has 0 radical (unpaired) electrons. The van der Waals surface area contributed by atoms with Gasteiger partial charge in [0.05, 0.1) is 30.6 Å². The lowest BCUT2D eigenvalue weighted by Gasteiger charge is -2.11. The number of H-pyrrole nitrogens is 1. The Hall–Kier alpha value is -4.26. The van der Waals surface area contributed by atoms with E-state index in [4.69, 9.17) is 13.9 Å². The van der Waals surface area contributed by atoms with Crippen LogP contribution in [-0.2, 0) is 0 Å². The van der Waals surface area contributed by atoms with Gasteiger partial charge >= 0.3 is 0 Å². The van der Waals surface area contributed by atoms with Crippen molar-refractivity contribution in [2.24, 2.45) is 5.10 Å². The minimum atomic E-state index is 0.571. The highest BCUT2D eigenvalue weighted by molar-refractivity contribution is 5.82. The lowest BCUT2D eigenvalue weighted by atomic mass is 10.1. The van der Waals surface area contributed by atoms with E-state index in [1.165, 1.54) is 0 Å². The van der Waals surface area contributed by atoms with E-state index in [9.17, 15) is 0 Å². The second-order valence-corrected chi connectivity index (χ2v) is 7.85. The lowest BCUT2D eigenvalue weighted by Crippen LogP contribution is -2.09. The molecule has 5 rings (SSSR count). The number of benzene rings is 3. The predicted octanol–water partition coefficient (Wildman–Crippen LogP) is 5.54. The summed E-state index contributed by atoms with van der Waals surface area (Å²) < 4.78 is 17.2. The fourth-order valence-electron chi connectivity index (χ4n) is 3.96. The quantitative estimate of drug-likeness (QED) is 0.351. The van der Waals surface area contributed by atoms with Gasteiger partial charge in [0.15, 0.2) is 11.5 Å². The van der Waals surface area contributed by atoms with Crippen LogP contribution in [0.25, 0.3) is 33.3 Å². The van der Waals surface area contributed by atoms with Gasteiger partial charge in [0.25, 0.3) is 0 Å². The molecule has 3 aromatic carbocycles. The van der Waals surface area contributed by atoms with Gasteiger partial charge < -0.3 is 18.9 Å². The molecule has 0 unspecified atom stereocenters. The van der Waals surface area contributed by atoms with Crippen LogP contribution < -0.4 is 20.3 Å². The number of aryl methyl sites for hydroxylation is 2. The Morgan fingerprint density at radius 1 is 0.939 bits per heavy atom. The molecule has 0 amide bonds. The predicted molar refractivity (Wildman–Crippen MR) is 130 cm³/mol. The molecule has 2 heterocycles. The average molecular weight is 441 g/mol. The van der Waals surface area contributed by atoms with Gasteiger partial charge in [-0.25, -0.2) is 10.4 Å². The average Bonchev–Trinajstić information content (AvgIpc) is 3.25. The standard InChI is InChI=1S/C26H24N4O3/c1-15-11-16(2)25-18(12-15)21(29-30-26-27-19-7-5-6-8-20(19)28-26)14-23(33-25)17-9-10-22(31-3)24(13-17)32-4/h5-14H,1-4H3,(H2,27,28,30)/b29-21+. The van der Waals surface area contributed by atoms with Gasteiger partial charge in [-0.3, -0.25) is 0 Å². The van der Waals surface area contributed by atoms with Crippen molar-refractivity contribution in [2.45, 2.75) is 13.8 Å². The molecule has 0 aliphatic carbocycles. The van der Waals surface area contributed by atoms with Crippen molar-refractivity contribution in [1.82, 2.24) is 9.97 Å². The van der Waals surface area contributed by atoms with Crippen molar-refractivity contribution >= 4 is 28.0 Å². The van der Waals surface area contributed by atoms with Gasteiger partial charge in [-0.05, 0) is 61.4 Å². The zero-order chi connectivity index (χ0) is 22.9. The van der Waals surface area contributed by atoms with E-state index < -0.39 is 0 Å². The Labute approximate surface area is 190 Å². The summed E-state index contributed by atoms with van der Waals surface area (Å²) in [4.78, 5) is 7.79. The maximum Gasteiger partial charge on any atom is 0.222 e. The Kier molecular flexibility index (Phi) is 5.22. The van der Waals surface area contributed by atoms with Crippen LogP contribution in [0.2, 0.25) is 0 Å². The molecular formula is C26H24N4O3. The third-order valence-corrected chi connectivity index (χ3v) is 5.51. The largest absolute Gasteiger partial charge is 0.493 e. The summed E-state index contributed by atoms with van der Waals surface area (Å²) in [6.07, 6.45) is 0. The van der Waals surface area contributed by atoms with Crippen molar-refractivity contribution in [3.05, 3.63) is 77.1 Å². The van der Waals surface area contributed by atoms with Gasteiger partial charge in [0.1, 0.15) is 11.3 Å². The number of methoxy groups -OCH3 is 2. The molecule has 0 aliphatic heterocycles. The molecular weight excluding hydrogens is 416 g/mol. The van der Waals surface area contributed by atoms with E-state index in [1.807, 2.05) is 55.5 Å². The van der Waals surface area contributed by atoms with Crippen LogP contribution >= 0.6 is 0 Å². The summed E-state index contributed by atoms with van der Waals surface area (Å²) >= 11 is 0. The van der Waals surface area contributed by atoms with Gasteiger partial charge in [-0.2, -0.15) is 5.10 Å². The second kappa shape index (κ2) is 8.35. The molecule has 0 saturated carbocycles. The van der Waals surface area contributed by atoms with Gasteiger partial charge in [0, 0.05) is 17.0 Å².